The number of carbonyl (C=O) groups is 3. The number of nitrogens with zero attached hydrogens (tertiary/aromatic N) is 4. The second-order valence-electron chi connectivity index (χ2n) is 7.44. The molecule has 3 heterocycles. The molecule has 4 rings (SSSR count). The summed E-state index contributed by atoms with van der Waals surface area (Å²) in [5.74, 6) is 0.157. The number of ether oxygens (including phenoxy) is 1. The van der Waals surface area contributed by atoms with Crippen molar-refractivity contribution in [3.8, 4) is 5.75 Å². The number of hydrogen-bond acceptors (Lipinski definition) is 5. The maximum Gasteiger partial charge on any atom is 0.272 e. The van der Waals surface area contributed by atoms with Gasteiger partial charge >= 0.3 is 0 Å². The lowest BCUT2D eigenvalue weighted by Crippen LogP contribution is -2.52. The molecule has 0 bridgehead atoms. The Morgan fingerprint density at radius 3 is 2.33 bits per heavy atom. The number of aromatic nitrogens is 1. The highest BCUT2D eigenvalue weighted by atomic mass is 16.5. The highest BCUT2D eigenvalue weighted by molar-refractivity contribution is 6.00. The van der Waals surface area contributed by atoms with Crippen molar-refractivity contribution in [2.75, 3.05) is 44.7 Å². The normalized spacial score (nSPS) is 19.2. The van der Waals surface area contributed by atoms with Crippen molar-refractivity contribution in [1.29, 1.82) is 0 Å². The van der Waals surface area contributed by atoms with Gasteiger partial charge in [0.05, 0.1) is 13.0 Å². The van der Waals surface area contributed by atoms with E-state index in [-0.39, 0.29) is 30.1 Å². The number of benzene rings is 1. The molecule has 0 radical (unpaired) electrons. The molecule has 1 unspecified atom stereocenters. The van der Waals surface area contributed by atoms with Crippen molar-refractivity contribution in [3.63, 3.8) is 0 Å². The fraction of sp³-hybridized carbons (Fsp3) is 0.364. The van der Waals surface area contributed by atoms with E-state index in [0.29, 0.717) is 38.4 Å². The van der Waals surface area contributed by atoms with Gasteiger partial charge in [0.25, 0.3) is 5.91 Å². The lowest BCUT2D eigenvalue weighted by atomic mass is 10.1. The van der Waals surface area contributed by atoms with Gasteiger partial charge in [-0.3, -0.25) is 19.4 Å². The summed E-state index contributed by atoms with van der Waals surface area (Å²) in [5, 5.41) is 0. The quantitative estimate of drug-likeness (QED) is 0.764. The molecule has 8 nitrogen and oxygen atoms in total. The van der Waals surface area contributed by atoms with Gasteiger partial charge in [-0.15, -0.1) is 0 Å². The Hall–Kier alpha value is -3.42. The van der Waals surface area contributed by atoms with E-state index in [1.165, 1.54) is 0 Å². The van der Waals surface area contributed by atoms with Crippen LogP contribution in [0.3, 0.4) is 0 Å². The van der Waals surface area contributed by atoms with Gasteiger partial charge in [0.15, 0.2) is 0 Å². The molecule has 2 saturated heterocycles. The summed E-state index contributed by atoms with van der Waals surface area (Å²) in [6.45, 7) is 2.22. The van der Waals surface area contributed by atoms with Gasteiger partial charge in [-0.1, -0.05) is 6.07 Å². The lowest BCUT2D eigenvalue weighted by Gasteiger charge is -2.35. The minimum atomic E-state index is -0.363. The molecule has 30 heavy (non-hydrogen) atoms. The number of piperazine rings is 1. The third-order valence-corrected chi connectivity index (χ3v) is 5.62. The monoisotopic (exact) mass is 408 g/mol. The van der Waals surface area contributed by atoms with Crippen LogP contribution in [0.5, 0.6) is 5.75 Å². The summed E-state index contributed by atoms with van der Waals surface area (Å²) in [7, 11) is 1.59. The van der Waals surface area contributed by atoms with Gasteiger partial charge in [0.1, 0.15) is 11.4 Å². The number of methoxy groups -OCH3 is 1. The molecule has 156 valence electrons. The summed E-state index contributed by atoms with van der Waals surface area (Å²) < 4.78 is 5.15. The summed E-state index contributed by atoms with van der Waals surface area (Å²) in [4.78, 5) is 47.2. The first-order valence-electron chi connectivity index (χ1n) is 10.0. The highest BCUT2D eigenvalue weighted by Crippen LogP contribution is 2.28. The summed E-state index contributed by atoms with van der Waals surface area (Å²) in [6.07, 6.45) is 1.80. The van der Waals surface area contributed by atoms with E-state index in [1.54, 1.807) is 58.3 Å². The molecular formula is C22H24N4O4. The summed E-state index contributed by atoms with van der Waals surface area (Å²) >= 11 is 0. The Kier molecular flexibility index (Phi) is 5.65. The molecule has 2 aromatic rings. The standard InChI is InChI=1S/C22H24N4O4/c1-30-18-7-5-17(6-8-18)26-15-16(14-20(26)27)21(28)24-10-12-25(13-11-24)22(29)19-4-2-3-9-23-19/h2-9,16H,10-15H2,1H3. The molecular weight excluding hydrogens is 384 g/mol. The summed E-state index contributed by atoms with van der Waals surface area (Å²) in [6, 6.07) is 12.5. The van der Waals surface area contributed by atoms with Crippen LogP contribution >= 0.6 is 0 Å². The average molecular weight is 408 g/mol. The number of rotatable bonds is 4. The van der Waals surface area contributed by atoms with Gasteiger partial charge in [0, 0.05) is 51.0 Å². The Morgan fingerprint density at radius 1 is 1.00 bits per heavy atom. The van der Waals surface area contributed by atoms with Crippen LogP contribution in [0, 0.1) is 5.92 Å². The van der Waals surface area contributed by atoms with E-state index in [9.17, 15) is 14.4 Å². The largest absolute Gasteiger partial charge is 0.497 e. The second-order valence-corrected chi connectivity index (χ2v) is 7.44. The predicted octanol–water partition coefficient (Wildman–Crippen LogP) is 1.43. The number of carbonyl (C=O) groups excluding carboxylic acids is 3. The van der Waals surface area contributed by atoms with Crippen LogP contribution in [0.15, 0.2) is 48.7 Å². The van der Waals surface area contributed by atoms with Crippen LogP contribution in [0.1, 0.15) is 16.9 Å². The molecule has 2 fully saturated rings. The topological polar surface area (TPSA) is 83.1 Å². The maximum absolute atomic E-state index is 13.0. The molecule has 1 aromatic carbocycles. The SMILES string of the molecule is COc1ccc(N2CC(C(=O)N3CCN(C(=O)c4ccccn4)CC3)CC2=O)cc1. The van der Waals surface area contributed by atoms with Crippen LogP contribution in [0.25, 0.3) is 0 Å². The number of pyridine rings is 1. The smallest absolute Gasteiger partial charge is 0.272 e. The maximum atomic E-state index is 13.0. The van der Waals surface area contributed by atoms with Crippen molar-refractivity contribution in [3.05, 3.63) is 54.4 Å². The van der Waals surface area contributed by atoms with E-state index < -0.39 is 0 Å². The first-order chi connectivity index (χ1) is 14.6. The van der Waals surface area contributed by atoms with E-state index >= 15 is 0 Å². The molecule has 3 amide bonds. The third-order valence-electron chi connectivity index (χ3n) is 5.62. The first kappa shape index (κ1) is 19.9. The average Bonchev–Trinajstić information content (AvgIpc) is 3.20. The number of anilines is 1. The predicted molar refractivity (Wildman–Crippen MR) is 110 cm³/mol. The zero-order chi connectivity index (χ0) is 21.1. The molecule has 2 aliphatic heterocycles. The molecule has 8 heteroatoms. The first-order valence-corrected chi connectivity index (χ1v) is 10.0. The minimum absolute atomic E-state index is 0.0238. The number of hydrogen-bond donors (Lipinski definition) is 0. The fourth-order valence-corrected chi connectivity index (χ4v) is 3.92. The van der Waals surface area contributed by atoms with Crippen LogP contribution in [0.4, 0.5) is 5.69 Å². The van der Waals surface area contributed by atoms with Crippen molar-refractivity contribution in [1.82, 2.24) is 14.8 Å². The van der Waals surface area contributed by atoms with E-state index in [4.69, 9.17) is 4.74 Å². The van der Waals surface area contributed by atoms with Crippen LogP contribution in [0.2, 0.25) is 0 Å². The number of amides is 3. The zero-order valence-corrected chi connectivity index (χ0v) is 16.9. The Balaban J connectivity index is 1.34. The van der Waals surface area contributed by atoms with Crippen molar-refractivity contribution in [2.24, 2.45) is 5.92 Å². The molecule has 0 saturated carbocycles. The van der Waals surface area contributed by atoms with Crippen LogP contribution in [-0.4, -0.2) is 72.3 Å². The van der Waals surface area contributed by atoms with Crippen molar-refractivity contribution < 1.29 is 19.1 Å². The van der Waals surface area contributed by atoms with E-state index in [2.05, 4.69) is 4.98 Å². The lowest BCUT2D eigenvalue weighted by molar-refractivity contribution is -0.137. The van der Waals surface area contributed by atoms with E-state index in [1.807, 2.05) is 12.1 Å². The molecule has 1 atom stereocenters. The minimum Gasteiger partial charge on any atom is -0.497 e. The Labute approximate surface area is 175 Å². The Morgan fingerprint density at radius 2 is 1.70 bits per heavy atom. The molecule has 0 aliphatic carbocycles. The van der Waals surface area contributed by atoms with Crippen LogP contribution < -0.4 is 9.64 Å². The summed E-state index contributed by atoms with van der Waals surface area (Å²) in [5.41, 5.74) is 1.18. The van der Waals surface area contributed by atoms with Gasteiger partial charge in [-0.25, -0.2) is 0 Å². The van der Waals surface area contributed by atoms with Crippen molar-refractivity contribution in [2.45, 2.75) is 6.42 Å². The molecule has 1 aromatic heterocycles. The van der Waals surface area contributed by atoms with Gasteiger partial charge in [0.2, 0.25) is 11.8 Å². The van der Waals surface area contributed by atoms with Crippen molar-refractivity contribution >= 4 is 23.4 Å². The highest BCUT2D eigenvalue weighted by Gasteiger charge is 2.38. The molecule has 2 aliphatic rings. The molecule has 0 N–H and O–H groups in total. The van der Waals surface area contributed by atoms with Crippen LogP contribution in [-0.2, 0) is 9.59 Å². The third kappa shape index (κ3) is 3.98. The van der Waals surface area contributed by atoms with Gasteiger partial charge < -0.3 is 19.4 Å². The molecule has 0 spiro atoms. The zero-order valence-electron chi connectivity index (χ0n) is 16.9. The van der Waals surface area contributed by atoms with Gasteiger partial charge in [-0.2, -0.15) is 0 Å². The fourth-order valence-electron chi connectivity index (χ4n) is 3.92. The van der Waals surface area contributed by atoms with E-state index in [0.717, 1.165) is 11.4 Å². The van der Waals surface area contributed by atoms with Gasteiger partial charge in [-0.05, 0) is 36.4 Å². The Bertz CT molecular complexity index is 924. The second kappa shape index (κ2) is 8.52.